The van der Waals surface area contributed by atoms with E-state index < -0.39 is 98.3 Å². The number of hydrogen-bond acceptors (Lipinski definition) is 12. The molecule has 1 aromatic heterocycles. The number of anilines is 1. The molecule has 0 aliphatic carbocycles. The molecule has 0 unspecified atom stereocenters. The Labute approximate surface area is 233 Å². The minimum absolute atomic E-state index is 0.299. The van der Waals surface area contributed by atoms with Gasteiger partial charge in [-0.25, -0.2) is 28.1 Å². The zero-order chi connectivity index (χ0) is 31.4. The van der Waals surface area contributed by atoms with Crippen LogP contribution in [0.5, 0.6) is 0 Å². The number of aliphatic hydroxyl groups excluding tert-OH is 2. The predicted molar refractivity (Wildman–Crippen MR) is 135 cm³/mol. The molecule has 1 aliphatic heterocycles. The van der Waals surface area contributed by atoms with Crippen LogP contribution in [0.25, 0.3) is 0 Å². The van der Waals surface area contributed by atoms with E-state index in [-0.39, 0.29) is 0 Å². The molecule has 6 atom stereocenters. The van der Waals surface area contributed by atoms with Gasteiger partial charge in [0.25, 0.3) is 6.43 Å². The number of aliphatic hydroxyl groups is 2. The van der Waals surface area contributed by atoms with Crippen molar-refractivity contribution >= 4 is 25.4 Å². The van der Waals surface area contributed by atoms with Gasteiger partial charge in [0.1, 0.15) is 24.3 Å². The number of hydrogen-bond donors (Lipinski definition) is 5. The molecule has 0 radical (unpaired) electrons. The van der Waals surface area contributed by atoms with Gasteiger partial charge in [-0.1, -0.05) is 0 Å². The van der Waals surface area contributed by atoms with Gasteiger partial charge in [0.15, 0.2) is 23.5 Å². The second kappa shape index (κ2) is 13.6. The van der Waals surface area contributed by atoms with Crippen LogP contribution in [-0.2, 0) is 32.9 Å². The van der Waals surface area contributed by atoms with Crippen molar-refractivity contribution in [2.45, 2.75) is 96.3 Å². The van der Waals surface area contributed by atoms with Crippen molar-refractivity contribution in [3.63, 3.8) is 0 Å². The van der Waals surface area contributed by atoms with Gasteiger partial charge in [-0.15, -0.1) is 0 Å². The van der Waals surface area contributed by atoms with Gasteiger partial charge >= 0.3 is 25.3 Å². The standard InChI is InChI=1S/C22H35F3N5O10P/c1-9(2)38-18(33)11(5)28-41(36,29-12(6)19(34)39-10(3)4)37-8-22(20(24)25)15(32)14(31)17(40-22)30-7-13(23)16(26)27-21(30)35/h7,9-12,14-15,17,20,31-32H,8H2,1-6H3,(H2,26,27,35)(H2,28,29,36)/t11-,12-,14+,15+,17+,22+/m0/s1. The molecule has 1 aromatic rings. The summed E-state index contributed by atoms with van der Waals surface area (Å²) in [5.74, 6) is -3.87. The Morgan fingerprint density at radius 2 is 1.61 bits per heavy atom. The van der Waals surface area contributed by atoms with Crippen molar-refractivity contribution in [1.29, 1.82) is 0 Å². The Hall–Kier alpha value is -2.60. The van der Waals surface area contributed by atoms with Gasteiger partial charge in [-0.2, -0.15) is 4.98 Å². The van der Waals surface area contributed by atoms with Gasteiger partial charge in [-0.05, 0) is 41.5 Å². The van der Waals surface area contributed by atoms with Gasteiger partial charge in [-0.3, -0.25) is 18.7 Å². The Morgan fingerprint density at radius 1 is 1.12 bits per heavy atom. The number of halogens is 3. The molecule has 6 N–H and O–H groups in total. The topological polar surface area (TPSA) is 214 Å². The van der Waals surface area contributed by atoms with E-state index in [1.165, 1.54) is 13.8 Å². The maximum absolute atomic E-state index is 14.4. The third kappa shape index (κ3) is 8.24. The zero-order valence-corrected chi connectivity index (χ0v) is 24.0. The summed E-state index contributed by atoms with van der Waals surface area (Å²) >= 11 is 0. The number of aromatic nitrogens is 2. The Bertz CT molecular complexity index is 1170. The highest BCUT2D eigenvalue weighted by molar-refractivity contribution is 7.54. The molecule has 0 saturated carbocycles. The van der Waals surface area contributed by atoms with Crippen molar-refractivity contribution < 1.29 is 56.3 Å². The SMILES string of the molecule is CC(C)OC(=O)[C@H](C)NP(=O)(N[C@@H](C)C(=O)OC(C)C)OC[C@@]1(C(F)F)O[C@@H](n2cc(F)c(N)nc2=O)[C@H](O)[C@H]1O. The molecule has 15 nitrogen and oxygen atoms in total. The second-order valence-corrected chi connectivity index (χ2v) is 11.7. The molecule has 1 fully saturated rings. The van der Waals surface area contributed by atoms with E-state index in [0.717, 1.165) is 0 Å². The molecule has 1 aliphatic rings. The van der Waals surface area contributed by atoms with Gasteiger partial charge in [0.2, 0.25) is 0 Å². The number of nitrogens with one attached hydrogen (secondary N) is 2. The lowest BCUT2D eigenvalue weighted by atomic mass is 9.96. The van der Waals surface area contributed by atoms with Crippen molar-refractivity contribution in [1.82, 2.24) is 19.7 Å². The third-order valence-corrected chi connectivity index (χ3v) is 7.59. The Kier molecular flexibility index (Phi) is 11.5. The maximum Gasteiger partial charge on any atom is 0.351 e. The van der Waals surface area contributed by atoms with E-state index >= 15 is 0 Å². The van der Waals surface area contributed by atoms with Crippen molar-refractivity contribution in [2.24, 2.45) is 0 Å². The lowest BCUT2D eigenvalue weighted by Crippen LogP contribution is -2.53. The van der Waals surface area contributed by atoms with E-state index in [0.29, 0.717) is 10.8 Å². The summed E-state index contributed by atoms with van der Waals surface area (Å²) in [5, 5.41) is 25.6. The van der Waals surface area contributed by atoms with Crippen LogP contribution >= 0.6 is 7.67 Å². The average Bonchev–Trinajstić information content (AvgIpc) is 3.10. The Morgan fingerprint density at radius 3 is 2.05 bits per heavy atom. The molecule has 0 bridgehead atoms. The number of carbonyl (C=O) groups is 2. The van der Waals surface area contributed by atoms with Crippen LogP contribution in [0.1, 0.15) is 47.8 Å². The van der Waals surface area contributed by atoms with Crippen LogP contribution in [0.2, 0.25) is 0 Å². The molecule has 2 heterocycles. The molecular weight excluding hydrogens is 582 g/mol. The highest BCUT2D eigenvalue weighted by Gasteiger charge is 2.61. The molecule has 0 aromatic carbocycles. The van der Waals surface area contributed by atoms with E-state index in [1.807, 2.05) is 0 Å². The lowest BCUT2D eigenvalue weighted by Gasteiger charge is -2.33. The number of ether oxygens (including phenoxy) is 3. The van der Waals surface area contributed by atoms with Crippen LogP contribution in [0.15, 0.2) is 11.0 Å². The molecule has 1 saturated heterocycles. The van der Waals surface area contributed by atoms with Crippen LogP contribution in [-0.4, -0.2) is 86.8 Å². The summed E-state index contributed by atoms with van der Waals surface area (Å²) in [7, 11) is -4.69. The average molecular weight is 618 g/mol. The number of rotatable bonds is 13. The third-order valence-electron chi connectivity index (χ3n) is 5.64. The van der Waals surface area contributed by atoms with Crippen LogP contribution in [0.3, 0.4) is 0 Å². The fraction of sp³-hybridized carbons (Fsp3) is 0.727. The number of esters is 2. The number of alkyl halides is 2. The highest BCUT2D eigenvalue weighted by atomic mass is 31.2. The maximum atomic E-state index is 14.4. The van der Waals surface area contributed by atoms with Crippen molar-refractivity contribution in [2.75, 3.05) is 12.3 Å². The molecular formula is C22H35F3N5O10P. The first-order valence-corrected chi connectivity index (χ1v) is 14.0. The number of nitrogens with two attached hydrogens (primary N) is 1. The lowest BCUT2D eigenvalue weighted by molar-refractivity contribution is -0.192. The first kappa shape index (κ1) is 34.6. The van der Waals surface area contributed by atoms with Crippen LogP contribution < -0.4 is 21.6 Å². The van der Waals surface area contributed by atoms with Crippen molar-refractivity contribution in [3.8, 4) is 0 Å². The molecule has 0 amide bonds. The minimum atomic E-state index is -4.69. The van der Waals surface area contributed by atoms with E-state index in [9.17, 15) is 42.3 Å². The predicted octanol–water partition coefficient (Wildman–Crippen LogP) is 0.203. The highest BCUT2D eigenvalue weighted by Crippen LogP contribution is 2.46. The monoisotopic (exact) mass is 617 g/mol. The smallest absolute Gasteiger partial charge is 0.351 e. The largest absolute Gasteiger partial charge is 0.462 e. The van der Waals surface area contributed by atoms with Crippen LogP contribution in [0.4, 0.5) is 19.0 Å². The number of nitrogens with zero attached hydrogens (tertiary/aromatic N) is 2. The zero-order valence-electron chi connectivity index (χ0n) is 23.1. The number of carbonyl (C=O) groups excluding carboxylic acids is 2. The second-order valence-electron chi connectivity index (χ2n) is 9.86. The van der Waals surface area contributed by atoms with E-state index in [2.05, 4.69) is 15.2 Å². The fourth-order valence-corrected chi connectivity index (χ4v) is 5.46. The molecule has 0 spiro atoms. The summed E-state index contributed by atoms with van der Waals surface area (Å²) in [6.45, 7) is 7.19. The van der Waals surface area contributed by atoms with E-state index in [4.69, 9.17) is 24.5 Å². The fourth-order valence-electron chi connectivity index (χ4n) is 3.62. The minimum Gasteiger partial charge on any atom is -0.462 e. The molecule has 19 heteroatoms. The van der Waals surface area contributed by atoms with E-state index in [1.54, 1.807) is 27.7 Å². The molecule has 2 rings (SSSR count). The molecule has 234 valence electrons. The summed E-state index contributed by atoms with van der Waals surface area (Å²) in [5.41, 5.74) is 0.774. The summed E-state index contributed by atoms with van der Waals surface area (Å²) in [6, 6.07) is -2.75. The normalized spacial score (nSPS) is 24.6. The quantitative estimate of drug-likeness (QED) is 0.148. The van der Waals surface area contributed by atoms with Gasteiger partial charge < -0.3 is 34.7 Å². The Balaban J connectivity index is 2.41. The summed E-state index contributed by atoms with van der Waals surface area (Å²) in [4.78, 5) is 40.0. The van der Waals surface area contributed by atoms with Crippen LogP contribution in [0, 0.1) is 5.82 Å². The van der Waals surface area contributed by atoms with Gasteiger partial charge in [0, 0.05) is 0 Å². The number of nitrogen functional groups attached to an aromatic ring is 1. The first-order valence-electron chi connectivity index (χ1n) is 12.4. The van der Waals surface area contributed by atoms with Gasteiger partial charge in [0.05, 0.1) is 25.0 Å². The summed E-state index contributed by atoms with van der Waals surface area (Å²) in [6.07, 6.45) is -11.2. The summed E-state index contributed by atoms with van der Waals surface area (Å²) < 4.78 is 77.4. The van der Waals surface area contributed by atoms with Crippen molar-refractivity contribution in [3.05, 3.63) is 22.5 Å². The first-order chi connectivity index (χ1) is 18.8. The molecule has 41 heavy (non-hydrogen) atoms.